The molecule has 0 spiro atoms. The fourth-order valence-corrected chi connectivity index (χ4v) is 8.29. The van der Waals surface area contributed by atoms with Crippen molar-refractivity contribution in [2.24, 2.45) is 0 Å². The average molecular weight is 1030 g/mol. The summed E-state index contributed by atoms with van der Waals surface area (Å²) in [5.41, 5.74) is 0. The molecule has 0 aliphatic rings. The van der Waals surface area contributed by atoms with Crippen LogP contribution in [-0.4, -0.2) is 68.5 Å². The first-order chi connectivity index (χ1) is 35.5. The number of hydrogen-bond acceptors (Lipinski definition) is 6. The van der Waals surface area contributed by atoms with Gasteiger partial charge in [-0.3, -0.25) is 9.36 Å². The van der Waals surface area contributed by atoms with E-state index in [1.165, 1.54) is 83.5 Å². The zero-order valence-electron chi connectivity index (χ0n) is 47.3. The molecule has 0 radical (unpaired) electrons. The summed E-state index contributed by atoms with van der Waals surface area (Å²) in [5, 5.41) is 13.8. The Kier molecular flexibility index (Phi) is 51.0. The number of phosphoric ester groups is 1. The summed E-state index contributed by atoms with van der Waals surface area (Å²) < 4.78 is 23.3. The molecule has 0 aromatic carbocycles. The van der Waals surface area contributed by atoms with Crippen LogP contribution in [0.2, 0.25) is 0 Å². The molecule has 2 N–H and O–H groups in total. The molecule has 416 valence electrons. The number of nitrogens with one attached hydrogen (secondary N) is 1. The maximum absolute atomic E-state index is 12.9. The van der Waals surface area contributed by atoms with Crippen LogP contribution in [0.25, 0.3) is 0 Å². The smallest absolute Gasteiger partial charge is 0.268 e. The highest BCUT2D eigenvalue weighted by molar-refractivity contribution is 7.45. The second-order valence-corrected chi connectivity index (χ2v) is 21.7. The van der Waals surface area contributed by atoms with Crippen molar-refractivity contribution < 1.29 is 32.9 Å². The minimum absolute atomic E-state index is 0.0141. The molecule has 0 heterocycles. The summed E-state index contributed by atoms with van der Waals surface area (Å²) in [6.45, 7) is 4.48. The Morgan fingerprint density at radius 1 is 0.493 bits per heavy atom. The molecular weight excluding hydrogens is 924 g/mol. The van der Waals surface area contributed by atoms with Gasteiger partial charge in [0.05, 0.1) is 39.9 Å². The lowest BCUT2D eigenvalue weighted by Gasteiger charge is -2.29. The van der Waals surface area contributed by atoms with Gasteiger partial charge in [-0.15, -0.1) is 0 Å². The van der Waals surface area contributed by atoms with E-state index in [9.17, 15) is 19.4 Å². The third-order valence-electron chi connectivity index (χ3n) is 12.1. The van der Waals surface area contributed by atoms with Gasteiger partial charge in [0.1, 0.15) is 13.2 Å². The van der Waals surface area contributed by atoms with Crippen molar-refractivity contribution >= 4 is 13.7 Å². The Balaban J connectivity index is 4.17. The molecule has 0 fully saturated rings. The molecule has 0 aliphatic carbocycles. The van der Waals surface area contributed by atoms with Gasteiger partial charge in [-0.2, -0.15) is 0 Å². The lowest BCUT2D eigenvalue weighted by molar-refractivity contribution is -0.870. The molecule has 0 aromatic rings. The predicted molar refractivity (Wildman–Crippen MR) is 315 cm³/mol. The van der Waals surface area contributed by atoms with E-state index in [1.54, 1.807) is 6.08 Å². The van der Waals surface area contributed by atoms with Gasteiger partial charge < -0.3 is 28.8 Å². The van der Waals surface area contributed by atoms with Crippen molar-refractivity contribution in [2.45, 2.75) is 225 Å². The highest BCUT2D eigenvalue weighted by Gasteiger charge is 2.23. The van der Waals surface area contributed by atoms with Crippen molar-refractivity contribution in [3.8, 4) is 0 Å². The largest absolute Gasteiger partial charge is 0.756 e. The zero-order chi connectivity index (χ0) is 53.5. The van der Waals surface area contributed by atoms with Crippen molar-refractivity contribution in [3.63, 3.8) is 0 Å². The normalized spacial score (nSPS) is 14.9. The highest BCUT2D eigenvalue weighted by Crippen LogP contribution is 2.38. The summed E-state index contributed by atoms with van der Waals surface area (Å²) >= 11 is 0. The van der Waals surface area contributed by atoms with E-state index in [-0.39, 0.29) is 12.5 Å². The fourth-order valence-electron chi connectivity index (χ4n) is 7.57. The SMILES string of the molecule is CC/C=C\C/C=C\C/C=C\C/C=C\C/C=C\C/C=C\C/C=C\C/C=C\C/C=C\CCCCCCCCCCCC(=O)NC(COP(=O)([O-])OCC[N+](C)(C)C)C(O)/C=C/CC/C=C/CCCCCCCCCC. The summed E-state index contributed by atoms with van der Waals surface area (Å²) in [7, 11) is 1.22. The molecular formula is C64H109N2O6P. The van der Waals surface area contributed by atoms with Gasteiger partial charge in [0.2, 0.25) is 5.91 Å². The minimum atomic E-state index is -4.61. The number of carbonyl (C=O) groups excluding carboxylic acids is 1. The molecule has 3 atom stereocenters. The van der Waals surface area contributed by atoms with Crippen molar-refractivity contribution in [1.82, 2.24) is 5.32 Å². The van der Waals surface area contributed by atoms with Crippen LogP contribution in [0.4, 0.5) is 0 Å². The van der Waals surface area contributed by atoms with Gasteiger partial charge >= 0.3 is 0 Å². The van der Waals surface area contributed by atoms with Crippen LogP contribution in [0, 0.1) is 0 Å². The van der Waals surface area contributed by atoms with E-state index in [1.807, 2.05) is 27.2 Å². The highest BCUT2D eigenvalue weighted by atomic mass is 31.2. The summed E-state index contributed by atoms with van der Waals surface area (Å²) in [6.07, 6.45) is 81.0. The molecule has 73 heavy (non-hydrogen) atoms. The molecule has 0 saturated heterocycles. The van der Waals surface area contributed by atoms with Crippen LogP contribution >= 0.6 is 7.82 Å². The molecule has 8 nitrogen and oxygen atoms in total. The molecule has 9 heteroatoms. The van der Waals surface area contributed by atoms with Crippen LogP contribution in [0.3, 0.4) is 0 Å². The number of nitrogens with zero attached hydrogens (tertiary/aromatic N) is 1. The first kappa shape index (κ1) is 69.6. The van der Waals surface area contributed by atoms with Crippen LogP contribution < -0.4 is 10.2 Å². The molecule has 0 aromatic heterocycles. The van der Waals surface area contributed by atoms with Crippen LogP contribution in [0.15, 0.2) is 134 Å². The van der Waals surface area contributed by atoms with Gasteiger partial charge in [0, 0.05) is 6.42 Å². The predicted octanol–water partition coefficient (Wildman–Crippen LogP) is 17.3. The standard InChI is InChI=1S/C64H109N2O6P/c1-6-8-10-12-14-16-18-20-22-23-24-25-26-27-28-29-30-31-32-33-34-35-36-37-38-39-40-41-42-43-44-46-48-50-52-54-56-58-64(68)65-62(61-72-73(69,70)71-60-59-66(3,4)5)63(67)57-55-53-51-49-47-45-21-19-17-15-13-11-9-7-2/h8,10,14,16,20,22,24-25,27-28,30-31,33-34,36-37,39-40,47,49,55,57,62-63,67H,6-7,9,11-13,15,17-19,21,23,26,29,32,35,38,41-46,48,50-54,56,58-61H2,1-5H3,(H-,65,68,69,70)/b10-8-,16-14-,22-20-,25-24-,28-27-,31-30-,34-33-,37-36-,40-39-,49-47+,57-55+. The fraction of sp³-hybridized carbons (Fsp3) is 0.641. The second kappa shape index (κ2) is 53.5. The quantitative estimate of drug-likeness (QED) is 0.0272. The molecule has 0 saturated carbocycles. The Morgan fingerprint density at radius 3 is 1.27 bits per heavy atom. The number of amides is 1. The van der Waals surface area contributed by atoms with E-state index in [2.05, 4.69) is 141 Å². The Bertz CT molecular complexity index is 1640. The van der Waals surface area contributed by atoms with Crippen molar-refractivity contribution in [2.75, 3.05) is 40.9 Å². The molecule has 0 aliphatic heterocycles. The van der Waals surface area contributed by atoms with Crippen molar-refractivity contribution in [1.29, 1.82) is 0 Å². The van der Waals surface area contributed by atoms with Crippen molar-refractivity contribution in [3.05, 3.63) is 134 Å². The number of phosphoric acid groups is 1. The Morgan fingerprint density at radius 2 is 0.849 bits per heavy atom. The maximum atomic E-state index is 12.9. The third kappa shape index (κ3) is 56.2. The molecule has 1 amide bonds. The van der Waals surface area contributed by atoms with Gasteiger partial charge in [-0.05, 0) is 103 Å². The topological polar surface area (TPSA) is 108 Å². The second-order valence-electron chi connectivity index (χ2n) is 20.3. The molecule has 3 unspecified atom stereocenters. The first-order valence-corrected chi connectivity index (χ1v) is 30.5. The summed E-state index contributed by atoms with van der Waals surface area (Å²) in [5.74, 6) is -0.220. The van der Waals surface area contributed by atoms with E-state index >= 15 is 0 Å². The summed E-state index contributed by atoms with van der Waals surface area (Å²) in [6, 6.07) is -0.915. The van der Waals surface area contributed by atoms with Gasteiger partial charge in [0.25, 0.3) is 7.82 Å². The molecule has 0 rings (SSSR count). The number of quaternary nitrogens is 1. The van der Waals surface area contributed by atoms with Crippen LogP contribution in [0.1, 0.15) is 213 Å². The average Bonchev–Trinajstić information content (AvgIpc) is 3.35. The van der Waals surface area contributed by atoms with E-state index < -0.39 is 26.6 Å². The number of unbranched alkanes of at least 4 members (excludes halogenated alkanes) is 18. The Hall–Kier alpha value is -3.36. The van der Waals surface area contributed by atoms with E-state index in [0.717, 1.165) is 109 Å². The number of aliphatic hydroxyl groups excluding tert-OH is 1. The summed E-state index contributed by atoms with van der Waals surface area (Å²) in [4.78, 5) is 25.4. The van der Waals surface area contributed by atoms with Crippen LogP contribution in [-0.2, 0) is 18.4 Å². The van der Waals surface area contributed by atoms with E-state index in [4.69, 9.17) is 9.05 Å². The monoisotopic (exact) mass is 1030 g/mol. The van der Waals surface area contributed by atoms with E-state index in [0.29, 0.717) is 17.4 Å². The number of aliphatic hydroxyl groups is 1. The Labute approximate surface area is 449 Å². The number of allylic oxidation sites excluding steroid dienone is 21. The van der Waals surface area contributed by atoms with Gasteiger partial charge in [-0.25, -0.2) is 0 Å². The lowest BCUT2D eigenvalue weighted by atomic mass is 10.1. The van der Waals surface area contributed by atoms with Gasteiger partial charge in [0.15, 0.2) is 0 Å². The molecule has 0 bridgehead atoms. The van der Waals surface area contributed by atoms with Crippen LogP contribution in [0.5, 0.6) is 0 Å². The minimum Gasteiger partial charge on any atom is -0.756 e. The number of rotatable bonds is 51. The lowest BCUT2D eigenvalue weighted by Crippen LogP contribution is -2.45. The zero-order valence-corrected chi connectivity index (χ0v) is 48.2. The maximum Gasteiger partial charge on any atom is 0.268 e. The van der Waals surface area contributed by atoms with Gasteiger partial charge in [-0.1, -0.05) is 237 Å². The number of likely N-dealkylation sites (N-methyl/N-ethyl adjacent to an activating group) is 1. The first-order valence-electron chi connectivity index (χ1n) is 29.0. The number of hydrogen-bond donors (Lipinski definition) is 2. The number of carbonyl (C=O) groups is 1. The third-order valence-corrected chi connectivity index (χ3v) is 13.1.